The van der Waals surface area contributed by atoms with Gasteiger partial charge in [-0.3, -0.25) is 14.6 Å². The molecule has 4 rings (SSSR count). The predicted octanol–water partition coefficient (Wildman–Crippen LogP) is 4.88. The molecule has 0 aliphatic carbocycles. The molecule has 1 saturated heterocycles. The second-order valence-electron chi connectivity index (χ2n) is 9.15. The fraction of sp³-hybridized carbons (Fsp3) is 0.462. The molecule has 36 heavy (non-hydrogen) atoms. The Morgan fingerprint density at radius 1 is 1.14 bits per heavy atom. The highest BCUT2D eigenvalue weighted by atomic mass is 35.5. The van der Waals surface area contributed by atoms with Crippen LogP contribution >= 0.6 is 22.9 Å². The van der Waals surface area contributed by atoms with Gasteiger partial charge in [0.15, 0.2) is 15.0 Å². The van der Waals surface area contributed by atoms with Crippen molar-refractivity contribution in [2.45, 2.75) is 38.0 Å². The van der Waals surface area contributed by atoms with Crippen LogP contribution in [-0.4, -0.2) is 69.4 Å². The largest absolute Gasteiger partial charge is 0.379 e. The van der Waals surface area contributed by atoms with Crippen molar-refractivity contribution in [3.63, 3.8) is 0 Å². The predicted molar refractivity (Wildman–Crippen MR) is 146 cm³/mol. The van der Waals surface area contributed by atoms with Gasteiger partial charge < -0.3 is 4.74 Å². The Labute approximate surface area is 221 Å². The Kier molecular flexibility index (Phi) is 9.00. The Hall–Kier alpha value is -2.04. The fourth-order valence-electron chi connectivity index (χ4n) is 4.39. The number of rotatable bonds is 10. The van der Waals surface area contributed by atoms with E-state index in [0.717, 1.165) is 60.6 Å². The quantitative estimate of drug-likeness (QED) is 0.359. The fourth-order valence-corrected chi connectivity index (χ4v) is 7.01. The number of halogens is 1. The van der Waals surface area contributed by atoms with Crippen LogP contribution in [0.3, 0.4) is 0 Å². The van der Waals surface area contributed by atoms with E-state index in [4.69, 9.17) is 21.3 Å². The van der Waals surface area contributed by atoms with Gasteiger partial charge in [-0.05, 0) is 68.1 Å². The van der Waals surface area contributed by atoms with Gasteiger partial charge in [0.2, 0.25) is 5.91 Å². The second kappa shape index (κ2) is 12.0. The molecule has 0 spiro atoms. The standard InChI is InChI=1S/C26H32ClN3O4S2/c1-19-17-20(2)25-23(18-19)35-26(28-25)30(11-4-10-29-12-14-34-15-13-29)24(31)5-3-16-36(32,33)22-8-6-21(27)7-9-22/h6-9,17-18H,3-5,10-16H2,1-2H3. The van der Waals surface area contributed by atoms with Gasteiger partial charge >= 0.3 is 0 Å². The van der Waals surface area contributed by atoms with Crippen LogP contribution in [0, 0.1) is 13.8 Å². The molecule has 2 heterocycles. The number of aromatic nitrogens is 1. The molecule has 0 unspecified atom stereocenters. The number of aryl methyl sites for hydroxylation is 2. The molecule has 7 nitrogen and oxygen atoms in total. The number of carbonyl (C=O) groups excluding carboxylic acids is 1. The molecule has 1 amide bonds. The highest BCUT2D eigenvalue weighted by Gasteiger charge is 2.22. The van der Waals surface area contributed by atoms with E-state index < -0.39 is 9.84 Å². The topological polar surface area (TPSA) is 79.8 Å². The molecule has 0 atom stereocenters. The minimum absolute atomic E-state index is 0.0971. The Balaban J connectivity index is 1.45. The smallest absolute Gasteiger partial charge is 0.228 e. The van der Waals surface area contributed by atoms with Crippen LogP contribution in [0.5, 0.6) is 0 Å². The van der Waals surface area contributed by atoms with Crippen molar-refractivity contribution < 1.29 is 17.9 Å². The summed E-state index contributed by atoms with van der Waals surface area (Å²) in [6, 6.07) is 10.3. The van der Waals surface area contributed by atoms with Crippen LogP contribution in [0.25, 0.3) is 10.2 Å². The maximum Gasteiger partial charge on any atom is 0.228 e. The van der Waals surface area contributed by atoms with Crippen LogP contribution < -0.4 is 4.90 Å². The molecule has 1 aliphatic heterocycles. The summed E-state index contributed by atoms with van der Waals surface area (Å²) < 4.78 is 31.9. The molecular weight excluding hydrogens is 518 g/mol. The molecule has 3 aromatic rings. The van der Waals surface area contributed by atoms with Crippen molar-refractivity contribution in [3.8, 4) is 0 Å². The molecule has 0 saturated carbocycles. The van der Waals surface area contributed by atoms with E-state index in [1.54, 1.807) is 17.0 Å². The zero-order chi connectivity index (χ0) is 25.7. The van der Waals surface area contributed by atoms with Gasteiger partial charge in [-0.15, -0.1) is 0 Å². The molecular formula is C26H32ClN3O4S2. The highest BCUT2D eigenvalue weighted by molar-refractivity contribution is 7.91. The first-order valence-electron chi connectivity index (χ1n) is 12.2. The van der Waals surface area contributed by atoms with Crippen LogP contribution in [0.15, 0.2) is 41.3 Å². The molecule has 10 heteroatoms. The van der Waals surface area contributed by atoms with E-state index in [-0.39, 0.29) is 29.4 Å². The lowest BCUT2D eigenvalue weighted by Crippen LogP contribution is -2.39. The molecule has 1 aromatic heterocycles. The molecule has 0 radical (unpaired) electrons. The summed E-state index contributed by atoms with van der Waals surface area (Å²) >= 11 is 7.40. The normalized spacial score (nSPS) is 14.9. The summed E-state index contributed by atoms with van der Waals surface area (Å²) in [5.41, 5.74) is 3.16. The van der Waals surface area contributed by atoms with Crippen LogP contribution in [0.1, 0.15) is 30.4 Å². The van der Waals surface area contributed by atoms with Gasteiger partial charge in [0.1, 0.15) is 0 Å². The number of hydrogen-bond donors (Lipinski definition) is 0. The van der Waals surface area contributed by atoms with Crippen LogP contribution in [0.2, 0.25) is 5.02 Å². The molecule has 2 aromatic carbocycles. The van der Waals surface area contributed by atoms with E-state index >= 15 is 0 Å². The highest BCUT2D eigenvalue weighted by Crippen LogP contribution is 2.32. The third-order valence-electron chi connectivity index (χ3n) is 6.29. The zero-order valence-electron chi connectivity index (χ0n) is 20.7. The minimum Gasteiger partial charge on any atom is -0.379 e. The summed E-state index contributed by atoms with van der Waals surface area (Å²) in [6.07, 6.45) is 1.19. The van der Waals surface area contributed by atoms with Crippen molar-refractivity contribution in [1.82, 2.24) is 9.88 Å². The Bertz CT molecular complexity index is 1300. The second-order valence-corrected chi connectivity index (χ2v) is 12.7. The van der Waals surface area contributed by atoms with Crippen LogP contribution in [-0.2, 0) is 19.4 Å². The van der Waals surface area contributed by atoms with Crippen molar-refractivity contribution >= 4 is 54.0 Å². The average Bonchev–Trinajstić information content (AvgIpc) is 3.26. The summed E-state index contributed by atoms with van der Waals surface area (Å²) in [5, 5.41) is 1.16. The van der Waals surface area contributed by atoms with Gasteiger partial charge in [-0.2, -0.15) is 0 Å². The zero-order valence-corrected chi connectivity index (χ0v) is 23.1. The van der Waals surface area contributed by atoms with Crippen molar-refractivity contribution in [3.05, 3.63) is 52.5 Å². The minimum atomic E-state index is -3.49. The monoisotopic (exact) mass is 549 g/mol. The SMILES string of the molecule is Cc1cc(C)c2nc(N(CCCN3CCOCC3)C(=O)CCCS(=O)(=O)c3ccc(Cl)cc3)sc2c1. The lowest BCUT2D eigenvalue weighted by molar-refractivity contribution is -0.118. The first-order valence-corrected chi connectivity index (χ1v) is 15.0. The average molecular weight is 550 g/mol. The number of hydrogen-bond acceptors (Lipinski definition) is 7. The van der Waals surface area contributed by atoms with Gasteiger partial charge in [-0.1, -0.05) is 29.0 Å². The Morgan fingerprint density at radius 2 is 1.86 bits per heavy atom. The number of nitrogens with zero attached hydrogens (tertiary/aromatic N) is 3. The van der Waals surface area contributed by atoms with E-state index in [9.17, 15) is 13.2 Å². The van der Waals surface area contributed by atoms with Crippen molar-refractivity contribution in [1.29, 1.82) is 0 Å². The number of anilines is 1. The van der Waals surface area contributed by atoms with Gasteiger partial charge in [0, 0.05) is 37.6 Å². The third-order valence-corrected chi connectivity index (χ3v) is 9.38. The lowest BCUT2D eigenvalue weighted by Gasteiger charge is -2.27. The summed E-state index contributed by atoms with van der Waals surface area (Å²) in [5.74, 6) is -0.197. The number of morpholine rings is 1. The summed E-state index contributed by atoms with van der Waals surface area (Å²) in [7, 11) is -3.49. The van der Waals surface area contributed by atoms with E-state index in [0.29, 0.717) is 16.7 Å². The van der Waals surface area contributed by atoms with Gasteiger partial charge in [0.05, 0.1) is 34.1 Å². The lowest BCUT2D eigenvalue weighted by atomic mass is 10.1. The maximum absolute atomic E-state index is 13.4. The van der Waals surface area contributed by atoms with E-state index in [1.165, 1.54) is 23.5 Å². The van der Waals surface area contributed by atoms with Crippen molar-refractivity contribution in [2.24, 2.45) is 0 Å². The molecule has 0 bridgehead atoms. The Morgan fingerprint density at radius 3 is 2.58 bits per heavy atom. The molecule has 0 N–H and O–H groups in total. The first-order chi connectivity index (χ1) is 17.2. The molecule has 194 valence electrons. The first kappa shape index (κ1) is 27.0. The summed E-state index contributed by atoms with van der Waals surface area (Å²) in [4.78, 5) is 22.5. The molecule has 1 aliphatic rings. The number of ether oxygens (including phenoxy) is 1. The third kappa shape index (κ3) is 6.83. The van der Waals surface area contributed by atoms with E-state index in [2.05, 4.69) is 24.0 Å². The van der Waals surface area contributed by atoms with Gasteiger partial charge in [-0.25, -0.2) is 13.4 Å². The number of benzene rings is 2. The maximum atomic E-state index is 13.4. The number of sulfone groups is 1. The number of carbonyl (C=O) groups is 1. The number of amides is 1. The number of thiazole rings is 1. The van der Waals surface area contributed by atoms with Crippen molar-refractivity contribution in [2.75, 3.05) is 50.0 Å². The van der Waals surface area contributed by atoms with Crippen LogP contribution in [0.4, 0.5) is 5.13 Å². The van der Waals surface area contributed by atoms with E-state index in [1.807, 2.05) is 6.92 Å². The van der Waals surface area contributed by atoms with Gasteiger partial charge in [0.25, 0.3) is 0 Å². The number of fused-ring (bicyclic) bond motifs is 1. The summed E-state index contributed by atoms with van der Waals surface area (Å²) in [6.45, 7) is 8.77. The molecule has 1 fully saturated rings.